The number of rotatable bonds is 11. The van der Waals surface area contributed by atoms with Gasteiger partial charge in [-0.3, -0.25) is 14.7 Å². The van der Waals surface area contributed by atoms with Crippen LogP contribution in [0.5, 0.6) is 0 Å². The molecule has 0 aliphatic carbocycles. The number of carboxylic acids is 1. The molecule has 0 aromatic heterocycles. The number of carbonyl (C=O) groups is 1. The Labute approximate surface area is 169 Å². The monoisotopic (exact) mass is 324 g/mol. The van der Waals surface area contributed by atoms with Crippen molar-refractivity contribution in [2.75, 3.05) is 19.8 Å². The van der Waals surface area contributed by atoms with E-state index in [0.29, 0.717) is 0 Å². The summed E-state index contributed by atoms with van der Waals surface area (Å²) in [6.45, 7) is 3.60. The van der Waals surface area contributed by atoms with Gasteiger partial charge in [-0.25, -0.2) is 0 Å². The van der Waals surface area contributed by atoms with Crippen molar-refractivity contribution >= 4 is 11.9 Å². The molecule has 0 spiro atoms. The predicted octanol–water partition coefficient (Wildman–Crippen LogP) is -2.39. The summed E-state index contributed by atoms with van der Waals surface area (Å²) >= 11 is 0. The summed E-state index contributed by atoms with van der Waals surface area (Å²) < 4.78 is 0. The van der Waals surface area contributed by atoms with Gasteiger partial charge in [-0.05, 0) is 25.7 Å². The maximum atomic E-state index is 11.5. The number of hydrogen-bond donors (Lipinski definition) is 2. The molecule has 1 atom stereocenters. The van der Waals surface area contributed by atoms with Crippen LogP contribution in [0.2, 0.25) is 0 Å². The Morgan fingerprint density at radius 1 is 1.43 bits per heavy atom. The van der Waals surface area contributed by atoms with Crippen LogP contribution in [0.15, 0.2) is 17.1 Å². The third kappa shape index (κ3) is 16.4. The topological polar surface area (TPSA) is 96.2 Å². The minimum atomic E-state index is -1.01. The Kier molecular flexibility index (Phi) is 16.9. The fourth-order valence-electron chi connectivity index (χ4n) is 1.60. The first kappa shape index (κ1) is 23.5. The summed E-state index contributed by atoms with van der Waals surface area (Å²) in [7, 11) is 0. The smallest absolute Gasteiger partial charge is 0.862 e. The fraction of sp³-hybridized carbons (Fsp3) is 0.714. The zero-order valence-electron chi connectivity index (χ0n) is 13.3. The summed E-state index contributed by atoms with van der Waals surface area (Å²) in [5.74, 6) is -1.29. The van der Waals surface area contributed by atoms with Gasteiger partial charge in [0.15, 0.2) is 0 Å². The van der Waals surface area contributed by atoms with Crippen LogP contribution in [0.25, 0.3) is 0 Å². The van der Waals surface area contributed by atoms with Crippen molar-refractivity contribution < 1.29 is 71.5 Å². The number of nitrogens with zero attached hydrogens (tertiary/aromatic N) is 2. The summed E-state index contributed by atoms with van der Waals surface area (Å²) in [4.78, 5) is 15.9. The number of unbranched alkanes of at least 4 members (excludes halogenated alkanes) is 2. The quantitative estimate of drug-likeness (QED) is 0.145. The van der Waals surface area contributed by atoms with E-state index in [1.165, 1.54) is 4.90 Å². The summed E-state index contributed by atoms with van der Waals surface area (Å²) in [6, 6.07) is 0. The molecule has 116 valence electrons. The normalized spacial score (nSPS) is 13.4. The summed E-state index contributed by atoms with van der Waals surface area (Å²) in [5, 5.41) is 29.5. The summed E-state index contributed by atoms with van der Waals surface area (Å²) in [5.41, 5.74) is 0. The Bertz CT molecular complexity index is 333. The van der Waals surface area contributed by atoms with Crippen molar-refractivity contribution in [2.45, 2.75) is 45.6 Å². The van der Waals surface area contributed by atoms with E-state index in [1.54, 1.807) is 13.0 Å². The van der Waals surface area contributed by atoms with Crippen molar-refractivity contribution in [3.05, 3.63) is 12.2 Å². The van der Waals surface area contributed by atoms with E-state index in [-0.39, 0.29) is 83.5 Å². The van der Waals surface area contributed by atoms with Gasteiger partial charge in [-0.2, -0.15) is 0 Å². The zero-order valence-corrected chi connectivity index (χ0v) is 16.4. The van der Waals surface area contributed by atoms with Gasteiger partial charge in [0.2, 0.25) is 0 Å². The molecule has 0 aliphatic heterocycles. The second kappa shape index (κ2) is 15.1. The molecule has 7 heteroatoms. The van der Waals surface area contributed by atoms with Gasteiger partial charge >= 0.3 is 57.4 Å². The van der Waals surface area contributed by atoms with Crippen molar-refractivity contribution in [2.24, 2.45) is 4.99 Å². The van der Waals surface area contributed by atoms with Crippen molar-refractivity contribution in [3.63, 3.8) is 0 Å². The number of hydrogen-bond acceptors (Lipinski definition) is 5. The molecule has 6 nitrogen and oxygen atoms in total. The number of allylic oxidation sites excluding steroid dienone is 1. The van der Waals surface area contributed by atoms with Crippen molar-refractivity contribution in [1.29, 1.82) is 0 Å². The second-order valence-corrected chi connectivity index (χ2v) is 4.77. The van der Waals surface area contributed by atoms with Gasteiger partial charge in [-0.15, -0.1) is 0 Å². The third-order valence-corrected chi connectivity index (χ3v) is 2.51. The van der Waals surface area contributed by atoms with Crippen LogP contribution in [-0.2, 0) is 4.79 Å². The van der Waals surface area contributed by atoms with Crippen LogP contribution in [0.4, 0.5) is 0 Å². The molecular weight excluding hydrogens is 299 g/mol. The molecule has 0 saturated heterocycles. The molecule has 0 aromatic carbocycles. The molecule has 2 N–H and O–H groups in total. The minimum absolute atomic E-state index is 0. The minimum Gasteiger partial charge on any atom is -0.862 e. The molecule has 0 bridgehead atoms. The zero-order chi connectivity index (χ0) is 15.4. The van der Waals surface area contributed by atoms with Crippen LogP contribution in [-0.4, -0.2) is 52.8 Å². The average Bonchev–Trinajstić information content (AvgIpc) is 2.34. The van der Waals surface area contributed by atoms with E-state index in [9.17, 15) is 15.0 Å². The Morgan fingerprint density at radius 3 is 2.62 bits per heavy atom. The number of carboxylic acid groups (broad SMARTS) is 1. The maximum Gasteiger partial charge on any atom is 1.00 e. The van der Waals surface area contributed by atoms with Crippen molar-refractivity contribution in [1.82, 2.24) is 4.90 Å². The molecule has 0 amide bonds. The van der Waals surface area contributed by atoms with Crippen LogP contribution in [0, 0.1) is 0 Å². The predicted molar refractivity (Wildman–Crippen MR) is 76.5 cm³/mol. The number of aliphatic hydroxyl groups excluding tert-OH is 1. The largest absolute Gasteiger partial charge is 1.00 e. The van der Waals surface area contributed by atoms with E-state index in [2.05, 4.69) is 11.9 Å². The molecule has 0 heterocycles. The van der Waals surface area contributed by atoms with E-state index < -0.39 is 12.1 Å². The van der Waals surface area contributed by atoms with Gasteiger partial charge in [0.1, 0.15) is 0 Å². The van der Waals surface area contributed by atoms with Gasteiger partial charge in [0, 0.05) is 6.54 Å². The molecule has 1 unspecified atom stereocenters. The third-order valence-electron chi connectivity index (χ3n) is 2.51. The Morgan fingerprint density at radius 2 is 2.10 bits per heavy atom. The Balaban J connectivity index is 0. The standard InChI is InChI=1S/C14H26N2O4.K/c1-3-4-5-6-7-8-13(18)15-11-16(9-12(2)17)10-14(19)20;/h6-7,12,17H,3-5,8-11H2,1-2H3,(H,15,18)(H,19,20);/q;+1/p-1/b7-6+;. The first-order valence-electron chi connectivity index (χ1n) is 6.93. The molecule has 0 radical (unpaired) electrons. The number of aliphatic carboxylic acids is 1. The van der Waals surface area contributed by atoms with Crippen LogP contribution < -0.4 is 56.5 Å². The molecule has 0 aliphatic rings. The summed E-state index contributed by atoms with van der Waals surface area (Å²) in [6.07, 6.45) is 6.50. The maximum absolute atomic E-state index is 11.5. The molecule has 0 rings (SSSR count). The van der Waals surface area contributed by atoms with Gasteiger partial charge in [-0.1, -0.05) is 31.9 Å². The fourth-order valence-corrected chi connectivity index (χ4v) is 1.60. The van der Waals surface area contributed by atoms with E-state index in [4.69, 9.17) is 5.11 Å². The van der Waals surface area contributed by atoms with Gasteiger partial charge < -0.3 is 15.3 Å². The van der Waals surface area contributed by atoms with Crippen LogP contribution in [0.1, 0.15) is 39.5 Å². The van der Waals surface area contributed by atoms with Crippen LogP contribution >= 0.6 is 0 Å². The van der Waals surface area contributed by atoms with E-state index in [0.717, 1.165) is 19.3 Å². The molecule has 0 aromatic rings. The van der Waals surface area contributed by atoms with E-state index >= 15 is 0 Å². The SMILES string of the molecule is CCCC/C=C/CC([O-])=NCN(CC(=O)O)CC(C)O.[K+]. The Hall–Kier alpha value is 0.236. The average molecular weight is 324 g/mol. The molecule has 21 heavy (non-hydrogen) atoms. The molecular formula is C14H25KN2O4. The molecule has 0 saturated carbocycles. The van der Waals surface area contributed by atoms with Crippen LogP contribution in [0.3, 0.4) is 0 Å². The van der Waals surface area contributed by atoms with E-state index in [1.807, 2.05) is 6.08 Å². The van der Waals surface area contributed by atoms with Gasteiger partial charge in [0.05, 0.1) is 19.3 Å². The first-order valence-corrected chi connectivity index (χ1v) is 6.93. The van der Waals surface area contributed by atoms with Crippen molar-refractivity contribution in [3.8, 4) is 0 Å². The van der Waals surface area contributed by atoms with Gasteiger partial charge in [0.25, 0.3) is 0 Å². The molecule has 0 fully saturated rings. The first-order chi connectivity index (χ1) is 9.45. The second-order valence-electron chi connectivity index (χ2n) is 4.77. The number of aliphatic imine (C=N–C) groups is 1. The number of aliphatic hydroxyl groups is 1.